The van der Waals surface area contributed by atoms with Crippen LogP contribution in [-0.2, 0) is 6.54 Å². The van der Waals surface area contributed by atoms with Crippen LogP contribution in [0.3, 0.4) is 0 Å². The number of nitrogens with zero attached hydrogens (tertiary/aromatic N) is 4. The molecule has 2 aromatic heterocycles. The molecule has 0 radical (unpaired) electrons. The fourth-order valence-electron chi connectivity index (χ4n) is 1.75. The van der Waals surface area contributed by atoms with Gasteiger partial charge in [0.15, 0.2) is 0 Å². The molecule has 3 aromatic rings. The molecular weight excluding hydrogens is 214 g/mol. The molecule has 0 aliphatic rings. The summed E-state index contributed by atoms with van der Waals surface area (Å²) in [4.78, 5) is 12.9. The Balaban J connectivity index is 2.18. The van der Waals surface area contributed by atoms with Crippen LogP contribution < -0.4 is 5.73 Å². The number of aromatic nitrogens is 4. The summed E-state index contributed by atoms with van der Waals surface area (Å²) in [6, 6.07) is 7.86. The number of para-hydroxylation sites is 1. The first-order valence-electron chi connectivity index (χ1n) is 5.33. The van der Waals surface area contributed by atoms with E-state index in [2.05, 4.69) is 15.0 Å². The van der Waals surface area contributed by atoms with Crippen LogP contribution >= 0.6 is 0 Å². The smallest absolute Gasteiger partial charge is 0.235 e. The average molecular weight is 225 g/mol. The van der Waals surface area contributed by atoms with Gasteiger partial charge in [0.1, 0.15) is 5.82 Å². The molecule has 17 heavy (non-hydrogen) atoms. The van der Waals surface area contributed by atoms with Crippen molar-refractivity contribution in [2.75, 3.05) is 0 Å². The van der Waals surface area contributed by atoms with E-state index in [4.69, 9.17) is 5.73 Å². The third-order valence-corrected chi connectivity index (χ3v) is 2.59. The summed E-state index contributed by atoms with van der Waals surface area (Å²) in [6.07, 6.45) is 5.31. The van der Waals surface area contributed by atoms with E-state index in [1.165, 1.54) is 0 Å². The van der Waals surface area contributed by atoms with Crippen LogP contribution in [-0.4, -0.2) is 19.5 Å². The zero-order chi connectivity index (χ0) is 11.7. The highest BCUT2D eigenvalue weighted by Gasteiger charge is 2.06. The molecule has 2 N–H and O–H groups in total. The number of hydrogen-bond donors (Lipinski definition) is 1. The van der Waals surface area contributed by atoms with E-state index in [1.54, 1.807) is 17.0 Å². The zero-order valence-corrected chi connectivity index (χ0v) is 9.11. The average Bonchev–Trinajstić information content (AvgIpc) is 2.86. The van der Waals surface area contributed by atoms with Crippen molar-refractivity contribution in [3.8, 4) is 5.95 Å². The summed E-state index contributed by atoms with van der Waals surface area (Å²) in [5, 5.41) is 1.02. The van der Waals surface area contributed by atoms with E-state index in [-0.39, 0.29) is 0 Å². The van der Waals surface area contributed by atoms with Crippen molar-refractivity contribution in [1.29, 1.82) is 0 Å². The lowest BCUT2D eigenvalue weighted by Gasteiger charge is -2.05. The fourth-order valence-corrected chi connectivity index (χ4v) is 1.75. The molecule has 0 aliphatic heterocycles. The largest absolute Gasteiger partial charge is 0.324 e. The summed E-state index contributed by atoms with van der Waals surface area (Å²) < 4.78 is 1.80. The predicted molar refractivity (Wildman–Crippen MR) is 64.6 cm³/mol. The number of fused-ring (bicyclic) bond motifs is 1. The summed E-state index contributed by atoms with van der Waals surface area (Å²) in [7, 11) is 0. The first kappa shape index (κ1) is 9.92. The monoisotopic (exact) mass is 225 g/mol. The number of imidazole rings is 1. The summed E-state index contributed by atoms with van der Waals surface area (Å²) in [5.74, 6) is 1.35. The molecule has 1 aromatic carbocycles. The standard InChI is InChI=1S/C12H11N5/c13-7-11-14-5-6-17(11)12-15-8-9-3-1-2-4-10(9)16-12/h1-6,8H,7,13H2. The van der Waals surface area contributed by atoms with Crippen molar-refractivity contribution >= 4 is 10.9 Å². The van der Waals surface area contributed by atoms with E-state index in [9.17, 15) is 0 Å². The van der Waals surface area contributed by atoms with Gasteiger partial charge in [-0.1, -0.05) is 18.2 Å². The van der Waals surface area contributed by atoms with Gasteiger partial charge >= 0.3 is 0 Å². The molecule has 0 aliphatic carbocycles. The zero-order valence-electron chi connectivity index (χ0n) is 9.11. The minimum Gasteiger partial charge on any atom is -0.324 e. The quantitative estimate of drug-likeness (QED) is 0.713. The van der Waals surface area contributed by atoms with Gasteiger partial charge in [-0.15, -0.1) is 0 Å². The van der Waals surface area contributed by atoms with Gasteiger partial charge in [0.05, 0.1) is 12.1 Å². The minimum absolute atomic E-state index is 0.364. The molecule has 2 heterocycles. The molecule has 0 saturated heterocycles. The second-order valence-electron chi connectivity index (χ2n) is 3.65. The Kier molecular flexibility index (Phi) is 2.31. The van der Waals surface area contributed by atoms with Crippen molar-refractivity contribution in [3.05, 3.63) is 48.7 Å². The van der Waals surface area contributed by atoms with Gasteiger partial charge in [-0.25, -0.2) is 15.0 Å². The molecule has 0 bridgehead atoms. The third-order valence-electron chi connectivity index (χ3n) is 2.59. The second-order valence-corrected chi connectivity index (χ2v) is 3.65. The van der Waals surface area contributed by atoms with Gasteiger partial charge in [0, 0.05) is 24.0 Å². The van der Waals surface area contributed by atoms with Crippen LogP contribution in [0.1, 0.15) is 5.82 Å². The van der Waals surface area contributed by atoms with E-state index < -0.39 is 0 Å². The molecule has 0 fully saturated rings. The second kappa shape index (κ2) is 3.95. The maximum Gasteiger partial charge on any atom is 0.235 e. The van der Waals surface area contributed by atoms with Crippen LogP contribution in [0, 0.1) is 0 Å². The fraction of sp³-hybridized carbons (Fsp3) is 0.0833. The van der Waals surface area contributed by atoms with Gasteiger partial charge in [-0.3, -0.25) is 4.57 Å². The molecule has 84 valence electrons. The normalized spacial score (nSPS) is 10.9. The Morgan fingerprint density at radius 1 is 1.18 bits per heavy atom. The lowest BCUT2D eigenvalue weighted by atomic mass is 10.2. The summed E-state index contributed by atoms with van der Waals surface area (Å²) in [6.45, 7) is 0.364. The molecule has 0 saturated carbocycles. The minimum atomic E-state index is 0.364. The van der Waals surface area contributed by atoms with Crippen molar-refractivity contribution in [2.24, 2.45) is 5.73 Å². The van der Waals surface area contributed by atoms with Gasteiger partial charge < -0.3 is 5.73 Å². The van der Waals surface area contributed by atoms with Crippen LogP contribution in [0.25, 0.3) is 16.9 Å². The van der Waals surface area contributed by atoms with Crippen molar-refractivity contribution in [2.45, 2.75) is 6.54 Å². The Labute approximate surface area is 98.0 Å². The van der Waals surface area contributed by atoms with Crippen LogP contribution in [0.15, 0.2) is 42.9 Å². The highest BCUT2D eigenvalue weighted by atomic mass is 15.2. The highest BCUT2D eigenvalue weighted by Crippen LogP contribution is 2.12. The van der Waals surface area contributed by atoms with Crippen molar-refractivity contribution in [1.82, 2.24) is 19.5 Å². The maximum atomic E-state index is 5.61. The Bertz CT molecular complexity index is 659. The number of benzene rings is 1. The SMILES string of the molecule is NCc1nccn1-c1ncc2ccccc2n1. The van der Waals surface area contributed by atoms with Crippen LogP contribution in [0.5, 0.6) is 0 Å². The lowest BCUT2D eigenvalue weighted by Crippen LogP contribution is -2.08. The van der Waals surface area contributed by atoms with Crippen LogP contribution in [0.2, 0.25) is 0 Å². The first-order chi connectivity index (χ1) is 8.38. The maximum absolute atomic E-state index is 5.61. The number of nitrogens with two attached hydrogens (primary N) is 1. The highest BCUT2D eigenvalue weighted by molar-refractivity contribution is 5.77. The summed E-state index contributed by atoms with van der Waals surface area (Å²) in [5.41, 5.74) is 6.52. The van der Waals surface area contributed by atoms with Gasteiger partial charge in [0.25, 0.3) is 0 Å². The van der Waals surface area contributed by atoms with E-state index in [0.717, 1.165) is 16.7 Å². The predicted octanol–water partition coefficient (Wildman–Crippen LogP) is 1.27. The van der Waals surface area contributed by atoms with E-state index >= 15 is 0 Å². The number of rotatable bonds is 2. The Hall–Kier alpha value is -2.27. The van der Waals surface area contributed by atoms with Gasteiger partial charge in [-0.2, -0.15) is 0 Å². The third kappa shape index (κ3) is 1.66. The topological polar surface area (TPSA) is 69.6 Å². The van der Waals surface area contributed by atoms with Gasteiger partial charge in [-0.05, 0) is 6.07 Å². The number of hydrogen-bond acceptors (Lipinski definition) is 4. The molecule has 5 nitrogen and oxygen atoms in total. The van der Waals surface area contributed by atoms with Crippen molar-refractivity contribution in [3.63, 3.8) is 0 Å². The molecule has 5 heteroatoms. The Morgan fingerprint density at radius 3 is 2.94 bits per heavy atom. The molecule has 3 rings (SSSR count). The van der Waals surface area contributed by atoms with Crippen molar-refractivity contribution < 1.29 is 0 Å². The molecule has 0 amide bonds. The van der Waals surface area contributed by atoms with E-state index in [1.807, 2.05) is 30.5 Å². The van der Waals surface area contributed by atoms with Gasteiger partial charge in [0.2, 0.25) is 5.95 Å². The van der Waals surface area contributed by atoms with Crippen LogP contribution in [0.4, 0.5) is 0 Å². The summed E-state index contributed by atoms with van der Waals surface area (Å²) >= 11 is 0. The molecular formula is C12H11N5. The molecule has 0 atom stereocenters. The lowest BCUT2D eigenvalue weighted by molar-refractivity contribution is 0.827. The Morgan fingerprint density at radius 2 is 2.06 bits per heavy atom. The first-order valence-corrected chi connectivity index (χ1v) is 5.33. The molecule has 0 unspecified atom stereocenters. The molecule has 0 spiro atoms. The van der Waals surface area contributed by atoms with E-state index in [0.29, 0.717) is 12.5 Å².